The predicted octanol–water partition coefficient (Wildman–Crippen LogP) is 2.70. The van der Waals surface area contributed by atoms with Gasteiger partial charge in [-0.05, 0) is 25.0 Å². The average molecular weight is 246 g/mol. The fourth-order valence-corrected chi connectivity index (χ4v) is 2.85. The van der Waals surface area contributed by atoms with Gasteiger partial charge in [-0.1, -0.05) is 11.6 Å². The van der Waals surface area contributed by atoms with Crippen molar-refractivity contribution in [1.82, 2.24) is 0 Å². The Hall–Kier alpha value is -0.740. The maximum Gasteiger partial charge on any atom is 0.306 e. The van der Waals surface area contributed by atoms with Crippen LogP contribution in [0.4, 0.5) is 5.00 Å². The van der Waals surface area contributed by atoms with Crippen LogP contribution in [-0.4, -0.2) is 24.2 Å². The van der Waals surface area contributed by atoms with Crippen molar-refractivity contribution in [1.29, 1.82) is 0 Å². The SMILES string of the molecule is CN(c1ccc(Cl)s1)C1CC(C(=O)O)C1. The number of rotatable bonds is 3. The molecule has 1 aliphatic carbocycles. The van der Waals surface area contributed by atoms with Crippen LogP contribution < -0.4 is 4.90 Å². The highest BCUT2D eigenvalue weighted by Crippen LogP contribution is 2.37. The molecule has 15 heavy (non-hydrogen) atoms. The normalized spacial score (nSPS) is 24.7. The predicted molar refractivity (Wildman–Crippen MR) is 61.9 cm³/mol. The van der Waals surface area contributed by atoms with Gasteiger partial charge in [0.05, 0.1) is 15.3 Å². The molecule has 1 saturated carbocycles. The Morgan fingerprint density at radius 2 is 2.27 bits per heavy atom. The second-order valence-electron chi connectivity index (χ2n) is 3.85. The van der Waals surface area contributed by atoms with Crippen LogP contribution in [0.15, 0.2) is 12.1 Å². The molecule has 1 aromatic heterocycles. The van der Waals surface area contributed by atoms with Gasteiger partial charge in [0.2, 0.25) is 0 Å². The molecule has 0 radical (unpaired) electrons. The largest absolute Gasteiger partial charge is 0.481 e. The molecular weight excluding hydrogens is 234 g/mol. The number of thiophene rings is 1. The monoisotopic (exact) mass is 245 g/mol. The van der Waals surface area contributed by atoms with E-state index in [0.29, 0.717) is 6.04 Å². The summed E-state index contributed by atoms with van der Waals surface area (Å²) in [6.45, 7) is 0. The van der Waals surface area contributed by atoms with Gasteiger partial charge in [-0.3, -0.25) is 4.79 Å². The Morgan fingerprint density at radius 3 is 2.73 bits per heavy atom. The van der Waals surface area contributed by atoms with Gasteiger partial charge in [-0.15, -0.1) is 11.3 Å². The van der Waals surface area contributed by atoms with E-state index in [2.05, 4.69) is 4.90 Å². The van der Waals surface area contributed by atoms with Crippen molar-refractivity contribution in [2.24, 2.45) is 5.92 Å². The van der Waals surface area contributed by atoms with Crippen molar-refractivity contribution in [3.8, 4) is 0 Å². The Labute approximate surface area is 97.3 Å². The summed E-state index contributed by atoms with van der Waals surface area (Å²) in [5, 5.41) is 9.88. The van der Waals surface area contributed by atoms with Crippen LogP contribution in [0.3, 0.4) is 0 Å². The first-order valence-corrected chi connectivity index (χ1v) is 5.98. The molecule has 3 nitrogen and oxygen atoms in total. The number of hydrogen-bond donors (Lipinski definition) is 1. The molecule has 0 spiro atoms. The highest BCUT2D eigenvalue weighted by molar-refractivity contribution is 7.19. The smallest absolute Gasteiger partial charge is 0.306 e. The molecule has 1 aromatic rings. The summed E-state index contributed by atoms with van der Waals surface area (Å²) >= 11 is 7.37. The molecule has 0 saturated heterocycles. The zero-order valence-corrected chi connectivity index (χ0v) is 9.88. The zero-order valence-electron chi connectivity index (χ0n) is 8.31. The van der Waals surface area contributed by atoms with Gasteiger partial charge in [0.15, 0.2) is 0 Å². The zero-order chi connectivity index (χ0) is 11.0. The van der Waals surface area contributed by atoms with Gasteiger partial charge in [0.25, 0.3) is 0 Å². The number of anilines is 1. The van der Waals surface area contributed by atoms with Crippen molar-refractivity contribution in [3.63, 3.8) is 0 Å². The van der Waals surface area contributed by atoms with E-state index in [0.717, 1.165) is 22.2 Å². The van der Waals surface area contributed by atoms with E-state index in [1.165, 1.54) is 11.3 Å². The molecule has 0 bridgehead atoms. The number of carboxylic acid groups (broad SMARTS) is 1. The van der Waals surface area contributed by atoms with E-state index in [1.807, 2.05) is 19.2 Å². The van der Waals surface area contributed by atoms with Crippen LogP contribution in [0.25, 0.3) is 0 Å². The molecule has 0 aliphatic heterocycles. The third-order valence-corrected chi connectivity index (χ3v) is 4.24. The number of carbonyl (C=O) groups is 1. The van der Waals surface area contributed by atoms with E-state index in [-0.39, 0.29) is 5.92 Å². The summed E-state index contributed by atoms with van der Waals surface area (Å²) < 4.78 is 0.769. The summed E-state index contributed by atoms with van der Waals surface area (Å²) in [4.78, 5) is 12.8. The van der Waals surface area contributed by atoms with E-state index in [4.69, 9.17) is 16.7 Å². The van der Waals surface area contributed by atoms with Crippen molar-refractivity contribution in [2.75, 3.05) is 11.9 Å². The number of aliphatic carboxylic acids is 1. The number of hydrogen-bond acceptors (Lipinski definition) is 3. The number of carboxylic acids is 1. The van der Waals surface area contributed by atoms with Gasteiger partial charge in [0, 0.05) is 13.1 Å². The molecule has 0 amide bonds. The standard InChI is InChI=1S/C10H12ClNO2S/c1-12(9-3-2-8(11)15-9)7-4-6(5-7)10(13)14/h2-3,6-7H,4-5H2,1H3,(H,13,14). The van der Waals surface area contributed by atoms with Gasteiger partial charge in [-0.25, -0.2) is 0 Å². The van der Waals surface area contributed by atoms with Crippen LogP contribution in [0, 0.1) is 5.92 Å². The van der Waals surface area contributed by atoms with Gasteiger partial charge >= 0.3 is 5.97 Å². The third-order valence-electron chi connectivity index (χ3n) is 2.92. The highest BCUT2D eigenvalue weighted by atomic mass is 35.5. The van der Waals surface area contributed by atoms with Crippen molar-refractivity contribution < 1.29 is 9.90 Å². The second-order valence-corrected chi connectivity index (χ2v) is 5.54. The lowest BCUT2D eigenvalue weighted by molar-refractivity contribution is -0.145. The quantitative estimate of drug-likeness (QED) is 0.890. The van der Waals surface area contributed by atoms with Crippen molar-refractivity contribution >= 4 is 33.9 Å². The van der Waals surface area contributed by atoms with Crippen molar-refractivity contribution in [2.45, 2.75) is 18.9 Å². The first kappa shape index (κ1) is 10.8. The van der Waals surface area contributed by atoms with E-state index >= 15 is 0 Å². The lowest BCUT2D eigenvalue weighted by atomic mass is 9.79. The molecule has 1 fully saturated rings. The molecule has 1 heterocycles. The average Bonchev–Trinajstić information content (AvgIpc) is 2.48. The summed E-state index contributed by atoms with van der Waals surface area (Å²) in [7, 11) is 1.99. The summed E-state index contributed by atoms with van der Waals surface area (Å²) in [5.41, 5.74) is 0. The summed E-state index contributed by atoms with van der Waals surface area (Å²) in [6.07, 6.45) is 1.47. The van der Waals surface area contributed by atoms with Crippen LogP contribution in [0.1, 0.15) is 12.8 Å². The minimum atomic E-state index is -0.677. The third kappa shape index (κ3) is 2.11. The van der Waals surface area contributed by atoms with Crippen LogP contribution >= 0.6 is 22.9 Å². The van der Waals surface area contributed by atoms with Gasteiger partial charge < -0.3 is 10.0 Å². The van der Waals surface area contributed by atoms with Crippen LogP contribution in [0.5, 0.6) is 0 Å². The summed E-state index contributed by atoms with van der Waals surface area (Å²) in [5.74, 6) is -0.836. The number of halogens is 1. The van der Waals surface area contributed by atoms with Gasteiger partial charge in [-0.2, -0.15) is 0 Å². The molecule has 1 aliphatic rings. The minimum absolute atomic E-state index is 0.159. The number of nitrogens with zero attached hydrogens (tertiary/aromatic N) is 1. The second kappa shape index (κ2) is 4.02. The van der Waals surface area contributed by atoms with E-state index < -0.39 is 5.97 Å². The Kier molecular flexibility index (Phi) is 2.89. The molecule has 0 aromatic carbocycles. The maximum atomic E-state index is 10.7. The van der Waals surface area contributed by atoms with Gasteiger partial charge in [0.1, 0.15) is 0 Å². The minimum Gasteiger partial charge on any atom is -0.481 e. The maximum absolute atomic E-state index is 10.7. The Bertz CT molecular complexity index is 373. The topological polar surface area (TPSA) is 40.5 Å². The first-order valence-electron chi connectivity index (χ1n) is 4.79. The Morgan fingerprint density at radius 1 is 1.60 bits per heavy atom. The molecule has 0 unspecified atom stereocenters. The van der Waals surface area contributed by atoms with Crippen LogP contribution in [-0.2, 0) is 4.79 Å². The van der Waals surface area contributed by atoms with Crippen LogP contribution in [0.2, 0.25) is 4.34 Å². The van der Waals surface area contributed by atoms with Crippen molar-refractivity contribution in [3.05, 3.63) is 16.5 Å². The van der Waals surface area contributed by atoms with E-state index in [9.17, 15) is 4.79 Å². The fraction of sp³-hybridized carbons (Fsp3) is 0.500. The van der Waals surface area contributed by atoms with E-state index in [1.54, 1.807) is 0 Å². The molecule has 1 N–H and O–H groups in total. The molecule has 82 valence electrons. The summed E-state index contributed by atoms with van der Waals surface area (Å²) in [6, 6.07) is 4.19. The molecular formula is C10H12ClNO2S. The fourth-order valence-electron chi connectivity index (χ4n) is 1.78. The lowest BCUT2D eigenvalue weighted by Gasteiger charge is -2.39. The highest BCUT2D eigenvalue weighted by Gasteiger charge is 2.37. The molecule has 2 rings (SSSR count). The molecule has 5 heteroatoms. The lowest BCUT2D eigenvalue weighted by Crippen LogP contribution is -2.45. The molecule has 0 atom stereocenters. The first-order chi connectivity index (χ1) is 7.08. The Balaban J connectivity index is 1.94.